The molecular formula is C18H45FeO27. The van der Waals surface area contributed by atoms with E-state index in [0.29, 0.717) is 0 Å². The third kappa shape index (κ3) is 26.2. The van der Waals surface area contributed by atoms with Crippen molar-refractivity contribution in [2.45, 2.75) is 73.2 Å². The topological polar surface area (TPSA) is 613 Å². The molecule has 0 rings (SSSR count). The zero-order valence-electron chi connectivity index (χ0n) is 23.1. The molecule has 0 fully saturated rings. The van der Waals surface area contributed by atoms with E-state index in [-0.39, 0.29) is 49.9 Å². The first-order valence-electron chi connectivity index (χ1n) is 10.4. The molecule has 27 nitrogen and oxygen atoms in total. The Labute approximate surface area is 267 Å². The number of carbonyl (C=O) groups is 3. The molecule has 12 atom stereocenters. The molecule has 0 saturated heterocycles. The van der Waals surface area contributed by atoms with Gasteiger partial charge in [0, 0.05) is 0 Å². The first-order valence-corrected chi connectivity index (χ1v) is 10.4. The van der Waals surface area contributed by atoms with Crippen LogP contribution in [0.5, 0.6) is 0 Å². The van der Waals surface area contributed by atoms with Gasteiger partial charge in [-0.1, -0.05) is 0 Å². The fourth-order valence-electron chi connectivity index (χ4n) is 1.99. The summed E-state index contributed by atoms with van der Waals surface area (Å²) in [5.74, 6) is -5.93. The van der Waals surface area contributed by atoms with E-state index in [1.165, 1.54) is 0 Å². The Morgan fingerprint density at radius 1 is 0.370 bits per heavy atom. The van der Waals surface area contributed by atoms with Crippen molar-refractivity contribution in [2.75, 3.05) is 19.8 Å². The number of hydrogen-bond donors (Lipinski definition) is 15. The Bertz CT molecular complexity index is 613. The van der Waals surface area contributed by atoms with Crippen molar-refractivity contribution >= 4 is 17.9 Å². The van der Waals surface area contributed by atoms with Crippen LogP contribution < -0.4 is 15.3 Å². The molecule has 0 amide bonds. The molecule has 0 aromatic rings. The van der Waals surface area contributed by atoms with Crippen molar-refractivity contribution in [1.29, 1.82) is 0 Å². The summed E-state index contributed by atoms with van der Waals surface area (Å²) in [5, 5.41) is 160. The summed E-state index contributed by atoms with van der Waals surface area (Å²) in [4.78, 5) is 29.9. The largest absolute Gasteiger partial charge is 3.00 e. The van der Waals surface area contributed by atoms with Crippen LogP contribution >= 0.6 is 0 Å². The Morgan fingerprint density at radius 3 is 0.587 bits per heavy atom. The summed E-state index contributed by atoms with van der Waals surface area (Å²) < 4.78 is 0. The third-order valence-corrected chi connectivity index (χ3v) is 4.49. The van der Waals surface area contributed by atoms with Gasteiger partial charge in [0.25, 0.3) is 0 Å². The Kier molecular flexibility index (Phi) is 55.0. The number of rotatable bonds is 15. The van der Waals surface area contributed by atoms with Crippen molar-refractivity contribution in [1.82, 2.24) is 0 Å². The van der Waals surface area contributed by atoms with Crippen LogP contribution in [0, 0.1) is 0 Å². The maximum absolute atomic E-state index is 9.98. The molecule has 287 valence electrons. The summed E-state index contributed by atoms with van der Waals surface area (Å²) >= 11 is 0. The van der Waals surface area contributed by atoms with Crippen LogP contribution in [-0.4, -0.2) is 220 Å². The van der Waals surface area contributed by atoms with E-state index in [0.717, 1.165) is 0 Å². The van der Waals surface area contributed by atoms with Gasteiger partial charge in [0.15, 0.2) is 0 Å². The molecule has 0 bridgehead atoms. The van der Waals surface area contributed by atoms with E-state index >= 15 is 0 Å². The van der Waals surface area contributed by atoms with Crippen molar-refractivity contribution in [2.24, 2.45) is 0 Å². The molecule has 0 aliphatic heterocycles. The smallest absolute Gasteiger partial charge is 0.547 e. The fraction of sp³-hybridized carbons (Fsp3) is 0.833. The van der Waals surface area contributed by atoms with Gasteiger partial charge in [-0.2, -0.15) is 0 Å². The minimum Gasteiger partial charge on any atom is -0.547 e. The molecule has 0 aromatic carbocycles. The summed E-state index contributed by atoms with van der Waals surface area (Å²) in [6, 6.07) is 0. The summed E-state index contributed by atoms with van der Waals surface area (Å²) in [6.45, 7) is -2.59. The standard InChI is InChI=1S/3C6H12O7.Fe.6H2O/c3*7-1-2(8)3(9)4(10)5(11)6(12)13;;;;;;;/h3*2-5,7-11H,1H2,(H,12,13);;6*1H2/q;;;+3;;;;;;/p-3/t3*2-,3-,4+,5-;;;;;;;/m111......./s1. The molecule has 1 radical (unpaired) electrons. The molecule has 0 heterocycles. The van der Waals surface area contributed by atoms with Crippen LogP contribution in [-0.2, 0) is 31.5 Å². The minimum absolute atomic E-state index is 0. The number of hydrogen-bond acceptors (Lipinski definition) is 21. The number of aliphatic hydroxyl groups is 15. The number of aliphatic carboxylic acids is 3. The van der Waals surface area contributed by atoms with Gasteiger partial charge in [0.05, 0.1) is 37.7 Å². The first kappa shape index (κ1) is 70.4. The van der Waals surface area contributed by atoms with Crippen LogP contribution in [0.2, 0.25) is 0 Å². The van der Waals surface area contributed by atoms with E-state index < -0.39 is 111 Å². The molecular weight excluding hydrogens is 704 g/mol. The van der Waals surface area contributed by atoms with Crippen molar-refractivity contribution < 1.29 is 156 Å². The van der Waals surface area contributed by atoms with E-state index in [9.17, 15) is 29.7 Å². The SMILES string of the molecule is O.O.O.O.O.O.O=C([O-])[C@H](O)[C@@H](O)[C@H](O)[C@H](O)CO.O=C([O-])[C@H](O)[C@@H](O)[C@H](O)[C@H](O)CO.O=C([O-])[C@H](O)[C@@H](O)[C@H](O)[C@H](O)CO.[Fe+3]. The molecule has 0 unspecified atom stereocenters. The average molecular weight is 749 g/mol. The second-order valence-electron chi connectivity index (χ2n) is 7.48. The van der Waals surface area contributed by atoms with Crippen molar-refractivity contribution in [3.05, 3.63) is 0 Å². The summed E-state index contributed by atoms with van der Waals surface area (Å²) in [5.41, 5.74) is 0. The fourth-order valence-corrected chi connectivity index (χ4v) is 1.99. The van der Waals surface area contributed by atoms with E-state index in [4.69, 9.17) is 76.6 Å². The minimum atomic E-state index is -2.31. The zero-order chi connectivity index (χ0) is 31.8. The Hall–Kier alpha value is -1.91. The maximum Gasteiger partial charge on any atom is 3.00 e. The molecule has 46 heavy (non-hydrogen) atoms. The molecule has 0 spiro atoms. The second-order valence-corrected chi connectivity index (χ2v) is 7.48. The van der Waals surface area contributed by atoms with Gasteiger partial charge >= 0.3 is 17.1 Å². The molecule has 0 aliphatic rings. The van der Waals surface area contributed by atoms with Gasteiger partial charge < -0.3 is 139 Å². The molecule has 28 heteroatoms. The van der Waals surface area contributed by atoms with Crippen LogP contribution in [0.4, 0.5) is 0 Å². The van der Waals surface area contributed by atoms with Crippen LogP contribution in [0.25, 0.3) is 0 Å². The van der Waals surface area contributed by atoms with Gasteiger partial charge in [-0.05, 0) is 0 Å². The predicted molar refractivity (Wildman–Crippen MR) is 130 cm³/mol. The molecule has 0 saturated carbocycles. The van der Waals surface area contributed by atoms with Crippen molar-refractivity contribution in [3.63, 3.8) is 0 Å². The van der Waals surface area contributed by atoms with Crippen LogP contribution in [0.3, 0.4) is 0 Å². The zero-order valence-corrected chi connectivity index (χ0v) is 24.2. The van der Waals surface area contributed by atoms with Crippen LogP contribution in [0.1, 0.15) is 0 Å². The predicted octanol–water partition coefficient (Wildman–Crippen LogP) is -19.4. The average Bonchev–Trinajstić information content (AvgIpc) is 2.92. The number of aliphatic hydroxyl groups excluding tert-OH is 15. The first-order chi connectivity index (χ1) is 17.7. The number of carboxylic acids is 3. The normalized spacial score (nSPS) is 17.3. The van der Waals surface area contributed by atoms with Gasteiger partial charge in [-0.15, -0.1) is 0 Å². The Balaban J connectivity index is -0.0000000491. The van der Waals surface area contributed by atoms with Crippen LogP contribution in [0.15, 0.2) is 0 Å². The monoisotopic (exact) mass is 749 g/mol. The quantitative estimate of drug-likeness (QED) is 0.0691. The van der Waals surface area contributed by atoms with Gasteiger partial charge in [0.1, 0.15) is 73.2 Å². The summed E-state index contributed by atoms with van der Waals surface area (Å²) in [6.07, 6.45) is -24.2. The molecule has 0 aliphatic carbocycles. The number of carbonyl (C=O) groups excluding carboxylic acids is 3. The third-order valence-electron chi connectivity index (χ3n) is 4.49. The molecule has 27 N–H and O–H groups in total. The molecule has 0 aromatic heterocycles. The second kappa shape index (κ2) is 35.9. The Morgan fingerprint density at radius 2 is 0.500 bits per heavy atom. The van der Waals surface area contributed by atoms with E-state index in [1.807, 2.05) is 0 Å². The van der Waals surface area contributed by atoms with E-state index in [1.54, 1.807) is 0 Å². The van der Waals surface area contributed by atoms with Gasteiger partial charge in [-0.3, -0.25) is 0 Å². The van der Waals surface area contributed by atoms with Gasteiger partial charge in [-0.25, -0.2) is 0 Å². The van der Waals surface area contributed by atoms with E-state index in [2.05, 4.69) is 0 Å². The van der Waals surface area contributed by atoms with Crippen molar-refractivity contribution in [3.8, 4) is 0 Å². The summed E-state index contributed by atoms with van der Waals surface area (Å²) in [7, 11) is 0. The number of carboxylic acid groups (broad SMARTS) is 3. The maximum atomic E-state index is 9.98. The van der Waals surface area contributed by atoms with Gasteiger partial charge in [0.2, 0.25) is 0 Å².